The van der Waals surface area contributed by atoms with Crippen molar-refractivity contribution in [2.75, 3.05) is 0 Å². The number of nitrogens with one attached hydrogen (secondary N) is 2. The maximum absolute atomic E-state index is 5.54. The minimum Gasteiger partial charge on any atom is -0.360 e. The molecule has 4 rings (SSSR count). The summed E-state index contributed by atoms with van der Waals surface area (Å²) in [4.78, 5) is 0. The third-order valence-electron chi connectivity index (χ3n) is 5.24. The Balaban J connectivity index is 1.51. The van der Waals surface area contributed by atoms with Crippen LogP contribution in [0.2, 0.25) is 0 Å². The smallest absolute Gasteiger partial charge is 0.166 e. The number of hydrogen-bond acceptors (Lipinski definition) is 2. The summed E-state index contributed by atoms with van der Waals surface area (Å²) in [5.74, 6) is 0. The van der Waals surface area contributed by atoms with E-state index in [1.54, 1.807) is 0 Å². The molecule has 0 radical (unpaired) electrons. The van der Waals surface area contributed by atoms with Crippen LogP contribution in [0.25, 0.3) is 16.9 Å². The average molecular weight is 391 g/mol. The molecule has 1 aliphatic rings. The molecule has 0 aliphatic heterocycles. The maximum atomic E-state index is 5.54. The van der Waals surface area contributed by atoms with Crippen LogP contribution in [0, 0.1) is 0 Å². The minimum atomic E-state index is 0.509. The van der Waals surface area contributed by atoms with Crippen LogP contribution < -0.4 is 10.6 Å². The van der Waals surface area contributed by atoms with Gasteiger partial charge in [-0.25, -0.2) is 4.68 Å². The SMILES string of the molecule is S=C(NCc1cn(-c2ccccc2)nc1-c1ccccc1)NC1CCCCC1. The average Bonchev–Trinajstić information content (AvgIpc) is 3.19. The van der Waals surface area contributed by atoms with Crippen LogP contribution in [-0.4, -0.2) is 20.9 Å². The van der Waals surface area contributed by atoms with Crippen molar-refractivity contribution >= 4 is 17.3 Å². The second kappa shape index (κ2) is 9.02. The van der Waals surface area contributed by atoms with Gasteiger partial charge in [-0.3, -0.25) is 0 Å². The van der Waals surface area contributed by atoms with E-state index in [4.69, 9.17) is 17.3 Å². The van der Waals surface area contributed by atoms with E-state index in [0.29, 0.717) is 12.6 Å². The zero-order valence-electron chi connectivity index (χ0n) is 16.0. The molecule has 4 nitrogen and oxygen atoms in total. The number of para-hydroxylation sites is 1. The predicted molar refractivity (Wildman–Crippen MR) is 118 cm³/mol. The highest BCUT2D eigenvalue weighted by Crippen LogP contribution is 2.23. The zero-order valence-corrected chi connectivity index (χ0v) is 16.8. The van der Waals surface area contributed by atoms with Gasteiger partial charge in [0.05, 0.1) is 11.4 Å². The Morgan fingerprint density at radius 3 is 2.36 bits per heavy atom. The summed E-state index contributed by atoms with van der Waals surface area (Å²) < 4.78 is 1.94. The molecule has 0 spiro atoms. The molecule has 0 saturated heterocycles. The lowest BCUT2D eigenvalue weighted by molar-refractivity contribution is 0.412. The second-order valence-electron chi connectivity index (χ2n) is 7.31. The monoisotopic (exact) mass is 390 g/mol. The first-order chi connectivity index (χ1) is 13.8. The molecule has 0 bridgehead atoms. The van der Waals surface area contributed by atoms with Crippen molar-refractivity contribution < 1.29 is 0 Å². The summed E-state index contributed by atoms with van der Waals surface area (Å²) in [5, 5.41) is 12.5. The number of rotatable bonds is 5. The van der Waals surface area contributed by atoms with Crippen LogP contribution in [0.1, 0.15) is 37.7 Å². The van der Waals surface area contributed by atoms with Gasteiger partial charge in [0.1, 0.15) is 0 Å². The number of hydrogen-bond donors (Lipinski definition) is 2. The van der Waals surface area contributed by atoms with Crippen LogP contribution >= 0.6 is 12.2 Å². The number of thiocarbonyl (C=S) groups is 1. The van der Waals surface area contributed by atoms with Gasteiger partial charge in [-0.1, -0.05) is 67.8 Å². The van der Waals surface area contributed by atoms with Crippen LogP contribution in [0.3, 0.4) is 0 Å². The third-order valence-corrected chi connectivity index (χ3v) is 5.50. The van der Waals surface area contributed by atoms with E-state index in [2.05, 4.69) is 41.1 Å². The van der Waals surface area contributed by atoms with Crippen molar-refractivity contribution in [1.82, 2.24) is 20.4 Å². The molecular weight excluding hydrogens is 364 g/mol. The van der Waals surface area contributed by atoms with Crippen LogP contribution in [-0.2, 0) is 6.54 Å². The molecule has 0 amide bonds. The topological polar surface area (TPSA) is 41.9 Å². The highest BCUT2D eigenvalue weighted by atomic mass is 32.1. The lowest BCUT2D eigenvalue weighted by Crippen LogP contribution is -2.42. The van der Waals surface area contributed by atoms with Crippen molar-refractivity contribution in [3.05, 3.63) is 72.4 Å². The van der Waals surface area contributed by atoms with E-state index in [1.165, 1.54) is 32.1 Å². The van der Waals surface area contributed by atoms with Crippen molar-refractivity contribution in [3.63, 3.8) is 0 Å². The van der Waals surface area contributed by atoms with E-state index < -0.39 is 0 Å². The summed E-state index contributed by atoms with van der Waals surface area (Å²) in [5.41, 5.74) is 4.27. The number of nitrogens with zero attached hydrogens (tertiary/aromatic N) is 2. The van der Waals surface area contributed by atoms with Gasteiger partial charge >= 0.3 is 0 Å². The number of benzene rings is 2. The lowest BCUT2D eigenvalue weighted by Gasteiger charge is -2.24. The van der Waals surface area contributed by atoms with Gasteiger partial charge in [-0.15, -0.1) is 0 Å². The van der Waals surface area contributed by atoms with E-state index in [-0.39, 0.29) is 0 Å². The molecular formula is C23H26N4S. The molecule has 2 aromatic carbocycles. The Hall–Kier alpha value is -2.66. The summed E-state index contributed by atoms with van der Waals surface area (Å²) in [6.45, 7) is 0.648. The van der Waals surface area contributed by atoms with Crippen LogP contribution in [0.5, 0.6) is 0 Å². The van der Waals surface area contributed by atoms with E-state index in [9.17, 15) is 0 Å². The van der Waals surface area contributed by atoms with Gasteiger partial charge in [0.2, 0.25) is 0 Å². The first-order valence-electron chi connectivity index (χ1n) is 10.0. The fourth-order valence-electron chi connectivity index (χ4n) is 3.75. The molecule has 1 heterocycles. The highest BCUT2D eigenvalue weighted by Gasteiger charge is 2.15. The Labute approximate surface area is 172 Å². The Bertz CT molecular complexity index is 899. The fraction of sp³-hybridized carbons (Fsp3) is 0.304. The quantitative estimate of drug-likeness (QED) is 0.612. The third kappa shape index (κ3) is 4.60. The first kappa shape index (κ1) is 18.7. The summed E-state index contributed by atoms with van der Waals surface area (Å²) in [6, 6.07) is 21.0. The molecule has 5 heteroatoms. The summed E-state index contributed by atoms with van der Waals surface area (Å²) in [7, 11) is 0. The molecule has 1 aliphatic carbocycles. The molecule has 0 atom stereocenters. The van der Waals surface area contributed by atoms with Gasteiger partial charge in [-0.05, 0) is 37.2 Å². The van der Waals surface area contributed by atoms with Gasteiger partial charge in [0.15, 0.2) is 5.11 Å². The molecule has 0 unspecified atom stereocenters. The molecule has 3 aromatic rings. The highest BCUT2D eigenvalue weighted by molar-refractivity contribution is 7.80. The van der Waals surface area contributed by atoms with Crippen molar-refractivity contribution in [1.29, 1.82) is 0 Å². The molecule has 2 N–H and O–H groups in total. The largest absolute Gasteiger partial charge is 0.360 e. The standard InChI is InChI=1S/C23H26N4S/c28-23(25-20-12-6-2-7-13-20)24-16-19-17-27(21-14-8-3-9-15-21)26-22(19)18-10-4-1-5-11-18/h1,3-5,8-11,14-15,17,20H,2,6-7,12-13,16H2,(H2,24,25,28). The van der Waals surface area contributed by atoms with E-state index >= 15 is 0 Å². The minimum absolute atomic E-state index is 0.509. The maximum Gasteiger partial charge on any atom is 0.166 e. The molecule has 1 aromatic heterocycles. The first-order valence-corrected chi connectivity index (χ1v) is 10.4. The normalized spacial score (nSPS) is 14.6. The Morgan fingerprint density at radius 1 is 0.964 bits per heavy atom. The van der Waals surface area contributed by atoms with Gasteiger partial charge in [0.25, 0.3) is 0 Å². The van der Waals surface area contributed by atoms with E-state index in [1.807, 2.05) is 41.1 Å². The van der Waals surface area contributed by atoms with Gasteiger partial charge in [0, 0.05) is 29.9 Å². The van der Waals surface area contributed by atoms with Crippen molar-refractivity contribution in [2.45, 2.75) is 44.7 Å². The molecule has 1 saturated carbocycles. The van der Waals surface area contributed by atoms with Crippen molar-refractivity contribution in [2.24, 2.45) is 0 Å². The van der Waals surface area contributed by atoms with Crippen LogP contribution in [0.4, 0.5) is 0 Å². The summed E-state index contributed by atoms with van der Waals surface area (Å²) >= 11 is 5.54. The molecule has 144 valence electrons. The second-order valence-corrected chi connectivity index (χ2v) is 7.72. The lowest BCUT2D eigenvalue weighted by atomic mass is 9.96. The molecule has 1 fully saturated rings. The summed E-state index contributed by atoms with van der Waals surface area (Å²) in [6.07, 6.45) is 8.45. The predicted octanol–water partition coefficient (Wildman–Crippen LogP) is 4.84. The molecule has 28 heavy (non-hydrogen) atoms. The fourth-order valence-corrected chi connectivity index (χ4v) is 3.99. The number of aromatic nitrogens is 2. The van der Waals surface area contributed by atoms with E-state index in [0.717, 1.165) is 27.6 Å². The van der Waals surface area contributed by atoms with Crippen molar-refractivity contribution in [3.8, 4) is 16.9 Å². The van der Waals surface area contributed by atoms with Gasteiger partial charge < -0.3 is 10.6 Å². The Morgan fingerprint density at radius 2 is 1.64 bits per heavy atom. The van der Waals surface area contributed by atoms with Gasteiger partial charge in [-0.2, -0.15) is 5.10 Å². The van der Waals surface area contributed by atoms with Crippen LogP contribution in [0.15, 0.2) is 66.9 Å². The zero-order chi connectivity index (χ0) is 19.2. The Kier molecular flexibility index (Phi) is 6.02.